The van der Waals surface area contributed by atoms with E-state index in [4.69, 9.17) is 0 Å². The van der Waals surface area contributed by atoms with E-state index in [0.29, 0.717) is 0 Å². The summed E-state index contributed by atoms with van der Waals surface area (Å²) in [7, 11) is 0. The number of rotatable bonds is 0. The van der Waals surface area contributed by atoms with Crippen LogP contribution in [0.4, 0.5) is 0 Å². The quantitative estimate of drug-likeness (QED) is 0.486. The molecule has 0 spiro atoms. The molecule has 0 radical (unpaired) electrons. The Morgan fingerprint density at radius 2 is 0.500 bits per heavy atom. The van der Waals surface area contributed by atoms with Gasteiger partial charge in [0, 0.05) is 0 Å². The van der Waals surface area contributed by atoms with Gasteiger partial charge in [0.15, 0.2) is 0 Å². The molecule has 0 aliphatic carbocycles. The summed E-state index contributed by atoms with van der Waals surface area (Å²) in [5.74, 6) is 0. The van der Waals surface area contributed by atoms with Crippen LogP contribution >= 0.6 is 24.8 Å². The van der Waals surface area contributed by atoms with Crippen LogP contribution in [-0.4, -0.2) is 91.0 Å². The van der Waals surface area contributed by atoms with Gasteiger partial charge in [-0.25, -0.2) is 0 Å². The van der Waals surface area contributed by atoms with Gasteiger partial charge in [-0.2, -0.15) is 0 Å². The predicted molar refractivity (Wildman–Crippen MR) is 31.6 cm³/mol. The van der Waals surface area contributed by atoms with E-state index in [2.05, 4.69) is 0 Å². The Morgan fingerprint density at radius 3 is 0.500 bits per heavy atom. The predicted octanol–water partition coefficient (Wildman–Crippen LogP) is -0.989. The minimum absolute atomic E-state index is 0. The van der Waals surface area contributed by atoms with Crippen LogP contribution in [0, 0.1) is 0 Å². The SMILES string of the molecule is Cl.Cl.[SrH2].[SrH2]. The molecule has 0 N–H and O–H groups in total. The van der Waals surface area contributed by atoms with E-state index in [1.54, 1.807) is 0 Å². The third kappa shape index (κ3) is 9.11. The molecule has 4 heteroatoms. The van der Waals surface area contributed by atoms with Gasteiger partial charge < -0.3 is 0 Å². The molecule has 0 aromatic rings. The van der Waals surface area contributed by atoms with Gasteiger partial charge in [0.2, 0.25) is 0 Å². The van der Waals surface area contributed by atoms with E-state index >= 15 is 0 Å². The fraction of sp³-hybridized carbons (Fsp3) is 0. The van der Waals surface area contributed by atoms with Gasteiger partial charge in [-0.05, 0) is 0 Å². The molecule has 0 aromatic carbocycles. The summed E-state index contributed by atoms with van der Waals surface area (Å²) in [5, 5.41) is 0. The molecular weight excluding hydrogens is 246 g/mol. The van der Waals surface area contributed by atoms with E-state index in [1.165, 1.54) is 0 Å². The second-order valence-electron chi connectivity index (χ2n) is 0. The normalized spacial score (nSPS) is 0. The zero-order valence-electron chi connectivity index (χ0n) is 0.816. The van der Waals surface area contributed by atoms with Crippen molar-refractivity contribution in [3.8, 4) is 0 Å². The zero-order chi connectivity index (χ0) is 0. The summed E-state index contributed by atoms with van der Waals surface area (Å²) in [6.07, 6.45) is 0. The van der Waals surface area contributed by atoms with Crippen molar-refractivity contribution in [2.75, 3.05) is 0 Å². The Hall–Kier alpha value is 3.54. The minimum atomic E-state index is 0. The summed E-state index contributed by atoms with van der Waals surface area (Å²) in [5.41, 5.74) is 0. The second kappa shape index (κ2) is 16.0. The fourth-order valence-electron chi connectivity index (χ4n) is 0. The van der Waals surface area contributed by atoms with E-state index in [9.17, 15) is 0 Å². The van der Waals surface area contributed by atoms with Crippen LogP contribution in [0.1, 0.15) is 0 Å². The first-order chi connectivity index (χ1) is 0. The first kappa shape index (κ1) is 25.7. The fourth-order valence-corrected chi connectivity index (χ4v) is 0. The first-order valence-corrected chi connectivity index (χ1v) is 0. The van der Waals surface area contributed by atoms with Gasteiger partial charge in [-0.1, -0.05) is 0 Å². The summed E-state index contributed by atoms with van der Waals surface area (Å²) >= 11 is 0. The third-order valence-corrected chi connectivity index (χ3v) is 0. The molecule has 0 nitrogen and oxygen atoms in total. The van der Waals surface area contributed by atoms with Crippen molar-refractivity contribution < 1.29 is 0 Å². The zero-order valence-corrected chi connectivity index (χ0v) is 2.45. The van der Waals surface area contributed by atoms with Crippen LogP contribution in [0.25, 0.3) is 0 Å². The van der Waals surface area contributed by atoms with Crippen LogP contribution in [0.2, 0.25) is 0 Å². The van der Waals surface area contributed by atoms with Gasteiger partial charge in [0.25, 0.3) is 0 Å². The van der Waals surface area contributed by atoms with Crippen LogP contribution in [0.15, 0.2) is 0 Å². The summed E-state index contributed by atoms with van der Waals surface area (Å²) < 4.78 is 0. The van der Waals surface area contributed by atoms with Gasteiger partial charge in [0.05, 0.1) is 0 Å². The summed E-state index contributed by atoms with van der Waals surface area (Å²) in [6.45, 7) is 0. The van der Waals surface area contributed by atoms with E-state index in [-0.39, 0.29) is 116 Å². The monoisotopic (exact) mass is 252 g/mol. The van der Waals surface area contributed by atoms with Crippen molar-refractivity contribution in [2.24, 2.45) is 0 Å². The maximum atomic E-state index is 0. The Morgan fingerprint density at radius 1 is 0.500 bits per heavy atom. The molecular formula is H6Cl2Sr2. The molecule has 0 bridgehead atoms. The van der Waals surface area contributed by atoms with Crippen LogP contribution < -0.4 is 0 Å². The van der Waals surface area contributed by atoms with Crippen molar-refractivity contribution in [1.82, 2.24) is 0 Å². The molecule has 0 unspecified atom stereocenters. The summed E-state index contributed by atoms with van der Waals surface area (Å²) in [4.78, 5) is 0. The van der Waals surface area contributed by atoms with Crippen LogP contribution in [0.5, 0.6) is 0 Å². The molecule has 0 saturated heterocycles. The topological polar surface area (TPSA) is 0 Å². The molecule has 0 rings (SSSR count). The first-order valence-electron chi connectivity index (χ1n) is 0. The van der Waals surface area contributed by atoms with Crippen LogP contribution in [-0.2, 0) is 0 Å². The van der Waals surface area contributed by atoms with Crippen molar-refractivity contribution >= 4 is 116 Å². The summed E-state index contributed by atoms with van der Waals surface area (Å²) in [6, 6.07) is 0. The van der Waals surface area contributed by atoms with Gasteiger partial charge in [-0.15, -0.1) is 24.8 Å². The van der Waals surface area contributed by atoms with Crippen molar-refractivity contribution in [3.05, 3.63) is 0 Å². The molecule has 0 atom stereocenters. The molecule has 0 heterocycles. The molecule has 24 valence electrons. The Labute approximate surface area is 112 Å². The molecule has 0 saturated carbocycles. The average molecular weight is 252 g/mol. The van der Waals surface area contributed by atoms with Gasteiger partial charge >= 0.3 is 91.0 Å². The Bertz CT molecular complexity index is 4.00. The van der Waals surface area contributed by atoms with Crippen molar-refractivity contribution in [2.45, 2.75) is 0 Å². The van der Waals surface area contributed by atoms with Gasteiger partial charge in [0.1, 0.15) is 0 Å². The molecule has 0 aromatic heterocycles. The standard InChI is InChI=1S/2ClH.2Sr.4H/h2*1H;;;;;;. The number of hydrogen-bond acceptors (Lipinski definition) is 0. The second-order valence-corrected chi connectivity index (χ2v) is 0. The average Bonchev–Trinajstić information content (AvgIpc) is 0. The molecule has 4 heavy (non-hydrogen) atoms. The Balaban J connectivity index is 0. The van der Waals surface area contributed by atoms with Crippen molar-refractivity contribution in [1.29, 1.82) is 0 Å². The Kier molecular flexibility index (Phi) is 103. The molecule has 0 aliphatic heterocycles. The van der Waals surface area contributed by atoms with Crippen molar-refractivity contribution in [3.63, 3.8) is 0 Å². The maximum absolute atomic E-state index is 0. The van der Waals surface area contributed by atoms with Crippen LogP contribution in [0.3, 0.4) is 0 Å². The van der Waals surface area contributed by atoms with E-state index < -0.39 is 0 Å². The number of hydrogen-bond donors (Lipinski definition) is 0. The number of halogens is 2. The molecule has 0 aliphatic rings. The van der Waals surface area contributed by atoms with E-state index in [0.717, 1.165) is 0 Å². The van der Waals surface area contributed by atoms with Gasteiger partial charge in [-0.3, -0.25) is 0 Å². The molecule has 0 amide bonds. The third-order valence-electron chi connectivity index (χ3n) is 0. The molecule has 0 fully saturated rings. The van der Waals surface area contributed by atoms with E-state index in [1.807, 2.05) is 0 Å².